The average Bonchev–Trinajstić information content (AvgIpc) is 2.99. The molecular formula is C19H17Cl2N3O4S2. The number of benzene rings is 2. The van der Waals surface area contributed by atoms with Crippen LogP contribution in [0.15, 0.2) is 57.5 Å². The molecule has 30 heavy (non-hydrogen) atoms. The van der Waals surface area contributed by atoms with Crippen molar-refractivity contribution in [1.29, 1.82) is 0 Å². The van der Waals surface area contributed by atoms with E-state index in [1.165, 1.54) is 24.3 Å². The molecular weight excluding hydrogens is 469 g/mol. The molecule has 1 heterocycles. The topological polar surface area (TPSA) is 97.3 Å². The second-order valence-corrected chi connectivity index (χ2v) is 9.58. The minimum absolute atomic E-state index is 0.0128. The minimum atomic E-state index is -3.99. The molecule has 0 bridgehead atoms. The molecule has 3 aromatic rings. The first-order valence-corrected chi connectivity index (χ1v) is 11.8. The number of hydrogen-bond donors (Lipinski definition) is 2. The minimum Gasteiger partial charge on any atom is -0.326 e. The summed E-state index contributed by atoms with van der Waals surface area (Å²) in [6.07, 6.45) is 0.136. The molecule has 0 aliphatic rings. The maximum Gasteiger partial charge on any atom is 0.307 e. The standard InChI is InChI=1S/C19H17Cl2N3O4S2/c1-12-11-29-19(26)24(12)10-9-17(25)22-13-5-7-14(8-6-13)23-30(27,28)18-15(20)3-2-4-16(18)21/h2-8,11,23H,9-10H2,1H3,(H,22,25). The van der Waals surface area contributed by atoms with Crippen LogP contribution in [0.2, 0.25) is 10.0 Å². The molecule has 0 saturated carbocycles. The number of aryl methyl sites for hydroxylation is 1. The second kappa shape index (κ2) is 9.22. The number of amides is 1. The van der Waals surface area contributed by atoms with Gasteiger partial charge in [0.05, 0.1) is 10.0 Å². The SMILES string of the molecule is Cc1csc(=O)n1CCC(=O)Nc1ccc(NS(=O)(=O)c2c(Cl)cccc2Cl)cc1. The number of sulfonamides is 1. The fraction of sp³-hybridized carbons (Fsp3) is 0.158. The van der Waals surface area contributed by atoms with E-state index in [0.717, 1.165) is 17.0 Å². The third-order valence-electron chi connectivity index (χ3n) is 4.15. The number of nitrogens with one attached hydrogen (secondary N) is 2. The molecule has 158 valence electrons. The lowest BCUT2D eigenvalue weighted by Crippen LogP contribution is -2.20. The van der Waals surface area contributed by atoms with Gasteiger partial charge in [0.2, 0.25) is 5.91 Å². The van der Waals surface area contributed by atoms with Gasteiger partial charge in [-0.05, 0) is 43.3 Å². The highest BCUT2D eigenvalue weighted by Crippen LogP contribution is 2.30. The lowest BCUT2D eigenvalue weighted by atomic mass is 10.2. The van der Waals surface area contributed by atoms with Crippen LogP contribution in [-0.2, 0) is 21.4 Å². The van der Waals surface area contributed by atoms with E-state index >= 15 is 0 Å². The molecule has 0 fully saturated rings. The van der Waals surface area contributed by atoms with E-state index in [2.05, 4.69) is 10.0 Å². The maximum absolute atomic E-state index is 12.6. The van der Waals surface area contributed by atoms with E-state index in [1.54, 1.807) is 28.1 Å². The third-order valence-corrected chi connectivity index (χ3v) is 7.36. The van der Waals surface area contributed by atoms with Gasteiger partial charge in [-0.2, -0.15) is 0 Å². The van der Waals surface area contributed by atoms with Crippen molar-refractivity contribution < 1.29 is 13.2 Å². The normalized spacial score (nSPS) is 11.3. The van der Waals surface area contributed by atoms with E-state index in [9.17, 15) is 18.0 Å². The predicted molar refractivity (Wildman–Crippen MR) is 120 cm³/mol. The van der Waals surface area contributed by atoms with E-state index in [1.807, 2.05) is 6.92 Å². The molecule has 0 atom stereocenters. The fourth-order valence-corrected chi connectivity index (χ4v) is 5.64. The number of hydrogen-bond acceptors (Lipinski definition) is 5. The molecule has 0 spiro atoms. The van der Waals surface area contributed by atoms with E-state index in [0.29, 0.717) is 5.69 Å². The van der Waals surface area contributed by atoms with Gasteiger partial charge in [0.1, 0.15) is 4.90 Å². The van der Waals surface area contributed by atoms with Crippen molar-refractivity contribution in [3.8, 4) is 0 Å². The largest absolute Gasteiger partial charge is 0.326 e. The third kappa shape index (κ3) is 5.23. The monoisotopic (exact) mass is 485 g/mol. The highest BCUT2D eigenvalue weighted by Gasteiger charge is 2.21. The van der Waals surface area contributed by atoms with Gasteiger partial charge in [0.25, 0.3) is 10.0 Å². The summed E-state index contributed by atoms with van der Waals surface area (Å²) in [6, 6.07) is 10.6. The van der Waals surface area contributed by atoms with Gasteiger partial charge in [0.15, 0.2) is 0 Å². The lowest BCUT2D eigenvalue weighted by molar-refractivity contribution is -0.116. The van der Waals surface area contributed by atoms with Crippen LogP contribution in [0.3, 0.4) is 0 Å². The van der Waals surface area contributed by atoms with Crippen molar-refractivity contribution in [1.82, 2.24) is 4.57 Å². The highest BCUT2D eigenvalue weighted by molar-refractivity contribution is 7.93. The number of rotatable bonds is 7. The van der Waals surface area contributed by atoms with Crippen LogP contribution in [0.4, 0.5) is 11.4 Å². The Morgan fingerprint density at radius 1 is 1.07 bits per heavy atom. The molecule has 0 saturated heterocycles. The lowest BCUT2D eigenvalue weighted by Gasteiger charge is -2.12. The zero-order valence-corrected chi connectivity index (χ0v) is 18.8. The van der Waals surface area contributed by atoms with Gasteiger partial charge in [-0.15, -0.1) is 0 Å². The number of halogens is 2. The molecule has 0 aliphatic heterocycles. The first kappa shape index (κ1) is 22.4. The van der Waals surface area contributed by atoms with E-state index in [-0.39, 0.29) is 44.4 Å². The fourth-order valence-electron chi connectivity index (χ4n) is 2.68. The number of carbonyl (C=O) groups is 1. The number of nitrogens with zero attached hydrogens (tertiary/aromatic N) is 1. The van der Waals surface area contributed by atoms with Crippen LogP contribution < -0.4 is 14.9 Å². The van der Waals surface area contributed by atoms with Crippen LogP contribution >= 0.6 is 34.5 Å². The summed E-state index contributed by atoms with van der Waals surface area (Å²) >= 11 is 13.1. The van der Waals surface area contributed by atoms with Gasteiger partial charge in [-0.3, -0.25) is 14.3 Å². The van der Waals surface area contributed by atoms with Crippen LogP contribution in [0, 0.1) is 6.92 Å². The summed E-state index contributed by atoms with van der Waals surface area (Å²) in [5, 5.41) is 4.48. The summed E-state index contributed by atoms with van der Waals surface area (Å²) in [4.78, 5) is 23.5. The van der Waals surface area contributed by atoms with Gasteiger partial charge >= 0.3 is 4.87 Å². The maximum atomic E-state index is 12.6. The van der Waals surface area contributed by atoms with Gasteiger partial charge < -0.3 is 9.88 Å². The van der Waals surface area contributed by atoms with Crippen molar-refractivity contribution in [2.24, 2.45) is 0 Å². The van der Waals surface area contributed by atoms with Gasteiger partial charge in [0, 0.05) is 35.4 Å². The Hall–Kier alpha value is -2.33. The Balaban J connectivity index is 1.63. The number of anilines is 2. The number of thiazole rings is 1. The van der Waals surface area contributed by atoms with Crippen LogP contribution in [0.25, 0.3) is 0 Å². The Labute approximate surface area is 187 Å². The molecule has 7 nitrogen and oxygen atoms in total. The van der Waals surface area contributed by atoms with Crippen LogP contribution in [0.1, 0.15) is 12.1 Å². The van der Waals surface area contributed by atoms with E-state index in [4.69, 9.17) is 23.2 Å². The summed E-state index contributed by atoms with van der Waals surface area (Å²) < 4.78 is 29.1. The van der Waals surface area contributed by atoms with Crippen molar-refractivity contribution >= 4 is 61.8 Å². The molecule has 3 rings (SSSR count). The van der Waals surface area contributed by atoms with Crippen LogP contribution in [-0.4, -0.2) is 18.9 Å². The molecule has 2 N–H and O–H groups in total. The van der Waals surface area contributed by atoms with Crippen molar-refractivity contribution in [3.05, 3.63) is 73.3 Å². The Bertz CT molecular complexity index is 1220. The molecule has 0 aliphatic carbocycles. The predicted octanol–water partition coefficient (Wildman–Crippen LogP) is 4.35. The first-order valence-electron chi connectivity index (χ1n) is 8.69. The van der Waals surface area contributed by atoms with E-state index < -0.39 is 10.0 Å². The van der Waals surface area contributed by atoms with Crippen molar-refractivity contribution in [2.75, 3.05) is 10.0 Å². The molecule has 11 heteroatoms. The number of aromatic nitrogens is 1. The number of carbonyl (C=O) groups excluding carboxylic acids is 1. The summed E-state index contributed by atoms with van der Waals surface area (Å²) in [5.74, 6) is -0.260. The zero-order chi connectivity index (χ0) is 21.9. The van der Waals surface area contributed by atoms with Gasteiger partial charge in [-0.1, -0.05) is 40.6 Å². The second-order valence-electron chi connectivity index (χ2n) is 6.33. The Morgan fingerprint density at radius 2 is 1.67 bits per heavy atom. The van der Waals surface area contributed by atoms with Gasteiger partial charge in [-0.25, -0.2) is 8.42 Å². The summed E-state index contributed by atoms with van der Waals surface area (Å²) in [6.45, 7) is 2.10. The molecule has 0 unspecified atom stereocenters. The smallest absolute Gasteiger partial charge is 0.307 e. The Kier molecular flexibility index (Phi) is 6.87. The Morgan fingerprint density at radius 3 is 2.23 bits per heavy atom. The highest BCUT2D eigenvalue weighted by atomic mass is 35.5. The summed E-state index contributed by atoms with van der Waals surface area (Å²) in [5.41, 5.74) is 1.59. The average molecular weight is 486 g/mol. The molecule has 2 aromatic carbocycles. The quantitative estimate of drug-likeness (QED) is 0.519. The molecule has 0 radical (unpaired) electrons. The van der Waals surface area contributed by atoms with Crippen molar-refractivity contribution in [2.45, 2.75) is 24.8 Å². The zero-order valence-electron chi connectivity index (χ0n) is 15.7. The first-order chi connectivity index (χ1) is 14.2. The molecule has 1 aromatic heterocycles. The van der Waals surface area contributed by atoms with Crippen LogP contribution in [0.5, 0.6) is 0 Å². The summed E-state index contributed by atoms with van der Waals surface area (Å²) in [7, 11) is -3.99. The van der Waals surface area contributed by atoms with Crippen molar-refractivity contribution in [3.63, 3.8) is 0 Å². The molecule has 1 amide bonds.